The Bertz CT molecular complexity index is 774. The molecule has 0 saturated carbocycles. The van der Waals surface area contributed by atoms with E-state index in [4.69, 9.17) is 9.47 Å². The highest BCUT2D eigenvalue weighted by atomic mass is 16.6. The van der Waals surface area contributed by atoms with Gasteiger partial charge in [0.25, 0.3) is 0 Å². The fourth-order valence-corrected chi connectivity index (χ4v) is 2.91. The first-order valence-electron chi connectivity index (χ1n) is 8.13. The highest BCUT2D eigenvalue weighted by Gasteiger charge is 2.36. The second-order valence-electron chi connectivity index (χ2n) is 5.53. The number of rotatable bonds is 6. The molecule has 0 fully saturated rings. The van der Waals surface area contributed by atoms with Crippen LogP contribution in [0.1, 0.15) is 32.4 Å². The Labute approximate surface area is 150 Å². The first-order valence-corrected chi connectivity index (χ1v) is 8.13. The Hall–Kier alpha value is -3.10. The quantitative estimate of drug-likeness (QED) is 0.472. The molecule has 0 bridgehead atoms. The summed E-state index contributed by atoms with van der Waals surface area (Å²) in [5.41, 5.74) is 0.841. The number of carbonyl (C=O) groups is 2. The molecule has 2 amide bonds. The van der Waals surface area contributed by atoms with Crippen molar-refractivity contribution in [3.63, 3.8) is 0 Å². The van der Waals surface area contributed by atoms with Gasteiger partial charge in [-0.15, -0.1) is 0 Å². The summed E-state index contributed by atoms with van der Waals surface area (Å²) in [6.07, 6.45) is 0. The molecule has 9 heteroatoms. The van der Waals surface area contributed by atoms with Gasteiger partial charge in [-0.2, -0.15) is 0 Å². The van der Waals surface area contributed by atoms with E-state index < -0.39 is 16.9 Å². The number of amides is 2. The summed E-state index contributed by atoms with van der Waals surface area (Å²) in [5, 5.41) is 14.0. The van der Waals surface area contributed by atoms with E-state index in [1.54, 1.807) is 26.8 Å². The number of hydrogen-bond acceptors (Lipinski definition) is 6. The van der Waals surface area contributed by atoms with E-state index in [9.17, 15) is 19.7 Å². The minimum absolute atomic E-state index is 0.0921. The molecule has 1 aliphatic rings. The standard InChI is InChI=1S/C17H21N3O6/c1-5-19-10(3)14(16(21)26-6-2)15(18-17(19)22)11-7-8-13(25-4)12(9-11)20(23)24/h7-9,15H,5-6H2,1-4H3,(H,18,22). The number of benzene rings is 1. The zero-order valence-corrected chi connectivity index (χ0v) is 15.1. The SMILES string of the molecule is CCOC(=O)C1=C(C)N(CC)C(=O)NC1c1ccc(OC)c([N+](=O)[O-])c1. The molecule has 1 unspecified atom stereocenters. The molecule has 1 aromatic rings. The molecule has 0 aliphatic carbocycles. The number of nitro groups is 1. The van der Waals surface area contributed by atoms with Gasteiger partial charge in [0.2, 0.25) is 0 Å². The van der Waals surface area contributed by atoms with Crippen molar-refractivity contribution in [1.29, 1.82) is 0 Å². The zero-order valence-electron chi connectivity index (χ0n) is 15.1. The van der Waals surface area contributed by atoms with Gasteiger partial charge in [0.15, 0.2) is 5.75 Å². The first kappa shape index (κ1) is 19.2. The van der Waals surface area contributed by atoms with Crippen LogP contribution in [0.2, 0.25) is 0 Å². The van der Waals surface area contributed by atoms with Crippen molar-refractivity contribution in [1.82, 2.24) is 10.2 Å². The van der Waals surface area contributed by atoms with Gasteiger partial charge >= 0.3 is 17.7 Å². The van der Waals surface area contributed by atoms with Crippen molar-refractivity contribution >= 4 is 17.7 Å². The average molecular weight is 363 g/mol. The number of nitro benzene ring substituents is 1. The topological polar surface area (TPSA) is 111 Å². The van der Waals surface area contributed by atoms with Crippen molar-refractivity contribution in [3.05, 3.63) is 45.1 Å². The predicted molar refractivity (Wildman–Crippen MR) is 92.6 cm³/mol. The number of allylic oxidation sites excluding steroid dienone is 1. The van der Waals surface area contributed by atoms with Crippen LogP contribution in [0.15, 0.2) is 29.5 Å². The summed E-state index contributed by atoms with van der Waals surface area (Å²) in [5.74, 6) is -0.485. The maximum Gasteiger partial charge on any atom is 0.338 e. The monoisotopic (exact) mass is 363 g/mol. The van der Waals surface area contributed by atoms with Gasteiger partial charge in [-0.05, 0) is 32.4 Å². The molecule has 0 spiro atoms. The smallest absolute Gasteiger partial charge is 0.338 e. The van der Waals surface area contributed by atoms with Crippen molar-refractivity contribution in [2.24, 2.45) is 0 Å². The van der Waals surface area contributed by atoms with E-state index in [1.807, 2.05) is 0 Å². The molecular weight excluding hydrogens is 342 g/mol. The molecule has 1 atom stereocenters. The minimum atomic E-state index is -0.853. The van der Waals surface area contributed by atoms with Crippen LogP contribution >= 0.6 is 0 Å². The van der Waals surface area contributed by atoms with Gasteiger partial charge in [-0.1, -0.05) is 6.07 Å². The van der Waals surface area contributed by atoms with E-state index >= 15 is 0 Å². The summed E-state index contributed by atoms with van der Waals surface area (Å²) in [4.78, 5) is 37.0. The summed E-state index contributed by atoms with van der Waals surface area (Å²) in [6, 6.07) is 3.06. The molecule has 0 aromatic heterocycles. The van der Waals surface area contributed by atoms with E-state index in [0.29, 0.717) is 17.8 Å². The molecule has 1 aromatic carbocycles. The zero-order chi connectivity index (χ0) is 19.4. The lowest BCUT2D eigenvalue weighted by molar-refractivity contribution is -0.385. The Balaban J connectivity index is 2.60. The number of urea groups is 1. The second-order valence-corrected chi connectivity index (χ2v) is 5.53. The maximum atomic E-state index is 12.5. The number of methoxy groups -OCH3 is 1. The molecule has 1 N–H and O–H groups in total. The van der Waals surface area contributed by atoms with Gasteiger partial charge in [-0.25, -0.2) is 9.59 Å². The van der Waals surface area contributed by atoms with Gasteiger partial charge in [0.05, 0.1) is 30.3 Å². The lowest BCUT2D eigenvalue weighted by Crippen LogP contribution is -2.47. The largest absolute Gasteiger partial charge is 0.490 e. The van der Waals surface area contributed by atoms with E-state index in [0.717, 1.165) is 0 Å². The van der Waals surface area contributed by atoms with Crippen LogP contribution in [0.25, 0.3) is 0 Å². The fourth-order valence-electron chi connectivity index (χ4n) is 2.91. The predicted octanol–water partition coefficient (Wildman–Crippen LogP) is 2.53. The first-order chi connectivity index (χ1) is 12.3. The summed E-state index contributed by atoms with van der Waals surface area (Å²) in [6.45, 7) is 5.66. The molecule has 140 valence electrons. The van der Waals surface area contributed by atoms with Crippen LogP contribution in [-0.2, 0) is 9.53 Å². The third kappa shape index (κ3) is 3.46. The van der Waals surface area contributed by atoms with Crippen molar-refractivity contribution in [2.75, 3.05) is 20.3 Å². The van der Waals surface area contributed by atoms with Crippen LogP contribution in [0, 0.1) is 10.1 Å². The Kier molecular flexibility index (Phi) is 5.81. The van der Waals surface area contributed by atoms with E-state index in [1.165, 1.54) is 24.1 Å². The average Bonchev–Trinajstić information content (AvgIpc) is 2.61. The van der Waals surface area contributed by atoms with Crippen LogP contribution in [0.3, 0.4) is 0 Å². The van der Waals surface area contributed by atoms with Gasteiger partial charge < -0.3 is 14.8 Å². The number of hydrogen-bond donors (Lipinski definition) is 1. The normalized spacial score (nSPS) is 17.0. The Morgan fingerprint density at radius 2 is 2.08 bits per heavy atom. The van der Waals surface area contributed by atoms with Crippen LogP contribution in [0.5, 0.6) is 5.75 Å². The number of carbonyl (C=O) groups excluding carboxylic acids is 2. The van der Waals surface area contributed by atoms with Gasteiger partial charge in [0, 0.05) is 18.3 Å². The molecule has 0 saturated heterocycles. The summed E-state index contributed by atoms with van der Waals surface area (Å²) < 4.78 is 10.1. The Morgan fingerprint density at radius 1 is 1.38 bits per heavy atom. The second kappa shape index (κ2) is 7.85. The van der Waals surface area contributed by atoms with Gasteiger partial charge in [-0.3, -0.25) is 15.0 Å². The summed E-state index contributed by atoms with van der Waals surface area (Å²) >= 11 is 0. The third-order valence-corrected chi connectivity index (χ3v) is 4.14. The number of ether oxygens (including phenoxy) is 2. The molecule has 26 heavy (non-hydrogen) atoms. The van der Waals surface area contributed by atoms with Gasteiger partial charge in [0.1, 0.15) is 0 Å². The maximum absolute atomic E-state index is 12.5. The minimum Gasteiger partial charge on any atom is -0.490 e. The highest BCUT2D eigenvalue weighted by molar-refractivity contribution is 5.95. The summed E-state index contributed by atoms with van der Waals surface area (Å²) in [7, 11) is 1.33. The lowest BCUT2D eigenvalue weighted by Gasteiger charge is -2.34. The lowest BCUT2D eigenvalue weighted by atomic mass is 9.94. The van der Waals surface area contributed by atoms with Crippen molar-refractivity contribution in [2.45, 2.75) is 26.8 Å². The van der Waals surface area contributed by atoms with E-state index in [-0.39, 0.29) is 29.6 Å². The molecule has 2 rings (SSSR count). The molecule has 0 radical (unpaired) electrons. The van der Waals surface area contributed by atoms with Crippen molar-refractivity contribution < 1.29 is 24.0 Å². The van der Waals surface area contributed by atoms with Crippen molar-refractivity contribution in [3.8, 4) is 5.75 Å². The molecule has 9 nitrogen and oxygen atoms in total. The number of nitrogens with zero attached hydrogens (tertiary/aromatic N) is 2. The fraction of sp³-hybridized carbons (Fsp3) is 0.412. The van der Waals surface area contributed by atoms with Crippen LogP contribution < -0.4 is 10.1 Å². The number of esters is 1. The van der Waals surface area contributed by atoms with Crippen LogP contribution in [-0.4, -0.2) is 42.1 Å². The van der Waals surface area contributed by atoms with E-state index in [2.05, 4.69) is 5.32 Å². The highest BCUT2D eigenvalue weighted by Crippen LogP contribution is 2.35. The van der Waals surface area contributed by atoms with Crippen LogP contribution in [0.4, 0.5) is 10.5 Å². The number of nitrogens with one attached hydrogen (secondary N) is 1. The third-order valence-electron chi connectivity index (χ3n) is 4.14. The molecule has 1 heterocycles. The molecular formula is C17H21N3O6. The Morgan fingerprint density at radius 3 is 2.62 bits per heavy atom. The molecule has 1 aliphatic heterocycles.